The maximum absolute atomic E-state index is 12.8. The van der Waals surface area contributed by atoms with Gasteiger partial charge in [0, 0.05) is 9.13 Å². The van der Waals surface area contributed by atoms with Crippen LogP contribution in [0.1, 0.15) is 15.9 Å². The van der Waals surface area contributed by atoms with Crippen molar-refractivity contribution in [1.82, 2.24) is 0 Å². The Bertz CT molecular complexity index is 296. The van der Waals surface area contributed by atoms with Crippen molar-refractivity contribution >= 4 is 28.9 Å². The van der Waals surface area contributed by atoms with Crippen LogP contribution in [0.5, 0.6) is 0 Å². The van der Waals surface area contributed by atoms with Crippen LogP contribution in [-0.4, -0.2) is 6.29 Å². The van der Waals surface area contributed by atoms with Crippen LogP contribution < -0.4 is 0 Å². The first-order valence-electron chi connectivity index (χ1n) is 3.06. The Morgan fingerprint density at radius 1 is 1.55 bits per heavy atom. The first kappa shape index (κ1) is 8.64. The molecule has 0 radical (unpaired) electrons. The molecule has 0 aromatic heterocycles. The van der Waals surface area contributed by atoms with Crippen LogP contribution in [0.25, 0.3) is 0 Å². The molecule has 0 saturated heterocycles. The van der Waals surface area contributed by atoms with E-state index in [-0.39, 0.29) is 5.82 Å². The largest absolute Gasteiger partial charge is 0.298 e. The molecule has 0 heterocycles. The summed E-state index contributed by atoms with van der Waals surface area (Å²) >= 11 is 1.93. The Kier molecular flexibility index (Phi) is 2.59. The lowest BCUT2D eigenvalue weighted by Gasteiger charge is -1.99. The van der Waals surface area contributed by atoms with Crippen molar-refractivity contribution in [2.75, 3.05) is 0 Å². The van der Waals surface area contributed by atoms with E-state index in [4.69, 9.17) is 0 Å². The van der Waals surface area contributed by atoms with Crippen molar-refractivity contribution in [2.24, 2.45) is 0 Å². The van der Waals surface area contributed by atoms with Gasteiger partial charge >= 0.3 is 0 Å². The monoisotopic (exact) mass is 264 g/mol. The van der Waals surface area contributed by atoms with Crippen LogP contribution in [0, 0.1) is 16.3 Å². The normalized spacial score (nSPS) is 9.73. The average molecular weight is 264 g/mol. The predicted octanol–water partition coefficient (Wildman–Crippen LogP) is 2.55. The SMILES string of the molecule is Cc1cc(C=O)c(I)cc1F. The highest BCUT2D eigenvalue weighted by Gasteiger charge is 2.02. The topological polar surface area (TPSA) is 17.1 Å². The molecule has 0 aliphatic rings. The first-order valence-corrected chi connectivity index (χ1v) is 4.14. The van der Waals surface area contributed by atoms with E-state index >= 15 is 0 Å². The second-order valence-electron chi connectivity index (χ2n) is 2.24. The molecule has 1 aromatic rings. The first-order chi connectivity index (χ1) is 5.15. The van der Waals surface area contributed by atoms with E-state index in [9.17, 15) is 9.18 Å². The minimum absolute atomic E-state index is 0.264. The van der Waals surface area contributed by atoms with Gasteiger partial charge in [0.25, 0.3) is 0 Å². The molecule has 1 nitrogen and oxygen atoms in total. The van der Waals surface area contributed by atoms with Crippen LogP contribution >= 0.6 is 22.6 Å². The maximum atomic E-state index is 12.8. The van der Waals surface area contributed by atoms with Crippen LogP contribution in [0.15, 0.2) is 12.1 Å². The Hall–Kier alpha value is -0.450. The standard InChI is InChI=1S/C8H6FIO/c1-5-2-6(4-11)8(10)3-7(5)9/h2-4H,1H3. The Balaban J connectivity index is 3.31. The van der Waals surface area contributed by atoms with Crippen LogP contribution in [-0.2, 0) is 0 Å². The molecule has 0 atom stereocenters. The number of benzene rings is 1. The smallest absolute Gasteiger partial charge is 0.151 e. The molecule has 0 amide bonds. The number of hydrogen-bond donors (Lipinski definition) is 0. The number of carbonyl (C=O) groups is 1. The van der Waals surface area contributed by atoms with Gasteiger partial charge in [-0.15, -0.1) is 0 Å². The van der Waals surface area contributed by atoms with Crippen molar-refractivity contribution in [3.05, 3.63) is 32.6 Å². The molecule has 1 rings (SSSR count). The molecule has 0 N–H and O–H groups in total. The molecule has 0 fully saturated rings. The van der Waals surface area contributed by atoms with Gasteiger partial charge in [-0.05, 0) is 47.2 Å². The van der Waals surface area contributed by atoms with Crippen molar-refractivity contribution in [1.29, 1.82) is 0 Å². The number of halogens is 2. The van der Waals surface area contributed by atoms with E-state index in [1.54, 1.807) is 13.0 Å². The van der Waals surface area contributed by atoms with E-state index in [1.165, 1.54) is 6.07 Å². The lowest BCUT2D eigenvalue weighted by atomic mass is 10.1. The summed E-state index contributed by atoms with van der Waals surface area (Å²) in [6.07, 6.45) is 0.730. The van der Waals surface area contributed by atoms with Gasteiger partial charge in [0.15, 0.2) is 6.29 Å². The third-order valence-electron chi connectivity index (χ3n) is 1.40. The van der Waals surface area contributed by atoms with Crippen LogP contribution in [0.3, 0.4) is 0 Å². The molecule has 0 bridgehead atoms. The van der Waals surface area contributed by atoms with Crippen molar-refractivity contribution < 1.29 is 9.18 Å². The second-order valence-corrected chi connectivity index (χ2v) is 3.40. The Morgan fingerprint density at radius 2 is 2.18 bits per heavy atom. The van der Waals surface area contributed by atoms with E-state index in [0.29, 0.717) is 14.7 Å². The van der Waals surface area contributed by atoms with Crippen molar-refractivity contribution in [3.8, 4) is 0 Å². The summed E-state index contributed by atoms with van der Waals surface area (Å²) in [4.78, 5) is 10.4. The quantitative estimate of drug-likeness (QED) is 0.562. The average Bonchev–Trinajstić information content (AvgIpc) is 1.97. The summed E-state index contributed by atoms with van der Waals surface area (Å²) in [6.45, 7) is 1.64. The molecule has 3 heteroatoms. The summed E-state index contributed by atoms with van der Waals surface area (Å²) in [5.41, 5.74) is 1.05. The van der Waals surface area contributed by atoms with Gasteiger partial charge in [0.1, 0.15) is 5.82 Å². The van der Waals surface area contributed by atoms with Gasteiger partial charge in [0.05, 0.1) is 0 Å². The fourth-order valence-corrected chi connectivity index (χ4v) is 1.33. The molecule has 0 saturated carbocycles. The summed E-state index contributed by atoms with van der Waals surface area (Å²) < 4.78 is 13.4. The summed E-state index contributed by atoms with van der Waals surface area (Å²) in [7, 11) is 0. The zero-order chi connectivity index (χ0) is 8.43. The third-order valence-corrected chi connectivity index (χ3v) is 2.34. The van der Waals surface area contributed by atoms with E-state index in [0.717, 1.165) is 6.29 Å². The highest BCUT2D eigenvalue weighted by Crippen LogP contribution is 2.15. The number of carbonyl (C=O) groups excluding carboxylic acids is 1. The van der Waals surface area contributed by atoms with E-state index < -0.39 is 0 Å². The maximum Gasteiger partial charge on any atom is 0.151 e. The molecule has 0 aliphatic heterocycles. The highest BCUT2D eigenvalue weighted by atomic mass is 127. The highest BCUT2D eigenvalue weighted by molar-refractivity contribution is 14.1. The van der Waals surface area contributed by atoms with Gasteiger partial charge in [0.2, 0.25) is 0 Å². The minimum atomic E-state index is -0.264. The third kappa shape index (κ3) is 1.77. The van der Waals surface area contributed by atoms with Crippen molar-refractivity contribution in [2.45, 2.75) is 6.92 Å². The summed E-state index contributed by atoms with van der Waals surface area (Å²) in [6, 6.07) is 2.91. The Labute approximate surface area is 77.8 Å². The summed E-state index contributed by atoms with van der Waals surface area (Å²) in [5.74, 6) is -0.264. The zero-order valence-electron chi connectivity index (χ0n) is 5.90. The molecule has 1 aromatic carbocycles. The fraction of sp³-hybridized carbons (Fsp3) is 0.125. The number of aldehydes is 1. The summed E-state index contributed by atoms with van der Waals surface area (Å²) in [5, 5.41) is 0. The van der Waals surface area contributed by atoms with Crippen LogP contribution in [0.2, 0.25) is 0 Å². The second kappa shape index (κ2) is 3.30. The van der Waals surface area contributed by atoms with Crippen LogP contribution in [0.4, 0.5) is 4.39 Å². The minimum Gasteiger partial charge on any atom is -0.298 e. The molecular weight excluding hydrogens is 258 g/mol. The lowest BCUT2D eigenvalue weighted by molar-refractivity contribution is 0.112. The Morgan fingerprint density at radius 3 is 2.73 bits per heavy atom. The van der Waals surface area contributed by atoms with Gasteiger partial charge in [-0.3, -0.25) is 4.79 Å². The predicted molar refractivity (Wildman–Crippen MR) is 49.2 cm³/mol. The number of aryl methyl sites for hydroxylation is 1. The van der Waals surface area contributed by atoms with Gasteiger partial charge in [-0.1, -0.05) is 0 Å². The zero-order valence-corrected chi connectivity index (χ0v) is 8.05. The van der Waals surface area contributed by atoms with Gasteiger partial charge in [-0.2, -0.15) is 0 Å². The van der Waals surface area contributed by atoms with Crippen molar-refractivity contribution in [3.63, 3.8) is 0 Å². The lowest BCUT2D eigenvalue weighted by Crippen LogP contribution is -1.90. The van der Waals surface area contributed by atoms with Gasteiger partial charge < -0.3 is 0 Å². The molecule has 11 heavy (non-hydrogen) atoms. The molecule has 0 spiro atoms. The fourth-order valence-electron chi connectivity index (χ4n) is 0.770. The van der Waals surface area contributed by atoms with E-state index in [2.05, 4.69) is 0 Å². The number of rotatable bonds is 1. The van der Waals surface area contributed by atoms with E-state index in [1.807, 2.05) is 22.6 Å². The number of hydrogen-bond acceptors (Lipinski definition) is 1. The molecule has 0 unspecified atom stereocenters. The molecular formula is C8H6FIO. The molecule has 0 aliphatic carbocycles. The van der Waals surface area contributed by atoms with Gasteiger partial charge in [-0.25, -0.2) is 4.39 Å². The molecule has 58 valence electrons.